The monoisotopic (exact) mass is 458 g/mol. The summed E-state index contributed by atoms with van der Waals surface area (Å²) in [6.07, 6.45) is 11.6. The SMILES string of the molecule is CC(=CC12CC(C3CCCC31)C1C3CC(CCO)C(CCO)(C3)C12C=C(C)C(=O)O)C(=O)O. The number of carboxylic acids is 2. The first-order valence-corrected chi connectivity index (χ1v) is 12.8. The molecular formula is C27H38O6. The van der Waals surface area contributed by atoms with Gasteiger partial charge < -0.3 is 20.4 Å². The Balaban J connectivity index is 1.82. The Labute approximate surface area is 195 Å². The average molecular weight is 459 g/mol. The van der Waals surface area contributed by atoms with Crippen LogP contribution in [-0.4, -0.2) is 45.6 Å². The lowest BCUT2D eigenvalue weighted by Crippen LogP contribution is -2.59. The highest BCUT2D eigenvalue weighted by atomic mass is 16.4. The Hall–Kier alpha value is -1.66. The Morgan fingerprint density at radius 1 is 0.939 bits per heavy atom. The number of aliphatic carboxylic acids is 2. The van der Waals surface area contributed by atoms with Crippen LogP contribution in [0.3, 0.4) is 0 Å². The zero-order chi connectivity index (χ0) is 23.8. The predicted molar refractivity (Wildman–Crippen MR) is 122 cm³/mol. The fourth-order valence-corrected chi connectivity index (χ4v) is 10.7. The van der Waals surface area contributed by atoms with Gasteiger partial charge in [0.15, 0.2) is 0 Å². The molecule has 0 amide bonds. The summed E-state index contributed by atoms with van der Waals surface area (Å²) in [7, 11) is 0. The number of hydrogen-bond acceptors (Lipinski definition) is 4. The van der Waals surface area contributed by atoms with Crippen LogP contribution in [0.5, 0.6) is 0 Å². The minimum Gasteiger partial charge on any atom is -0.478 e. The van der Waals surface area contributed by atoms with Gasteiger partial charge in [-0.15, -0.1) is 0 Å². The summed E-state index contributed by atoms with van der Waals surface area (Å²) in [6.45, 7) is 3.46. The summed E-state index contributed by atoms with van der Waals surface area (Å²) in [6, 6.07) is 0. The molecular weight excluding hydrogens is 420 g/mol. The zero-order valence-corrected chi connectivity index (χ0v) is 19.8. The summed E-state index contributed by atoms with van der Waals surface area (Å²) in [5.41, 5.74) is -0.519. The second-order valence-corrected chi connectivity index (χ2v) is 11.8. The molecule has 0 aromatic rings. The smallest absolute Gasteiger partial charge is 0.330 e. The quantitative estimate of drug-likeness (QED) is 0.324. The van der Waals surface area contributed by atoms with Crippen LogP contribution in [0, 0.1) is 51.8 Å². The first-order chi connectivity index (χ1) is 15.7. The lowest BCUT2D eigenvalue weighted by molar-refractivity contribution is -0.135. The van der Waals surface area contributed by atoms with Crippen LogP contribution >= 0.6 is 0 Å². The van der Waals surface area contributed by atoms with Gasteiger partial charge in [-0.3, -0.25) is 0 Å². The molecule has 0 aromatic carbocycles. The normalized spacial score (nSPS) is 47.8. The highest BCUT2D eigenvalue weighted by Crippen LogP contribution is 2.89. The van der Waals surface area contributed by atoms with Gasteiger partial charge in [0, 0.05) is 35.2 Å². The van der Waals surface area contributed by atoms with Crippen molar-refractivity contribution in [2.75, 3.05) is 13.2 Å². The number of rotatable bonds is 8. The summed E-state index contributed by atoms with van der Waals surface area (Å²) >= 11 is 0. The van der Waals surface area contributed by atoms with Crippen LogP contribution in [0.2, 0.25) is 0 Å². The number of fused-ring (bicyclic) bond motifs is 12. The van der Waals surface area contributed by atoms with Crippen molar-refractivity contribution in [3.63, 3.8) is 0 Å². The second kappa shape index (κ2) is 7.67. The van der Waals surface area contributed by atoms with Gasteiger partial charge in [-0.1, -0.05) is 18.6 Å². The first kappa shape index (κ1) is 23.1. The molecule has 182 valence electrons. The van der Waals surface area contributed by atoms with E-state index in [1.807, 2.05) is 12.2 Å². The Morgan fingerprint density at radius 2 is 1.64 bits per heavy atom. The van der Waals surface area contributed by atoms with Gasteiger partial charge in [0.05, 0.1) is 0 Å². The van der Waals surface area contributed by atoms with E-state index in [0.717, 1.165) is 32.1 Å². The molecule has 9 unspecified atom stereocenters. The fourth-order valence-electron chi connectivity index (χ4n) is 10.7. The number of allylic oxidation sites excluding steroid dienone is 2. The van der Waals surface area contributed by atoms with Crippen LogP contribution in [-0.2, 0) is 9.59 Å². The van der Waals surface area contributed by atoms with E-state index in [1.165, 1.54) is 6.42 Å². The van der Waals surface area contributed by atoms with Gasteiger partial charge in [0.25, 0.3) is 0 Å². The van der Waals surface area contributed by atoms with Crippen molar-refractivity contribution >= 4 is 11.9 Å². The molecule has 0 radical (unpaired) electrons. The molecule has 4 bridgehead atoms. The van der Waals surface area contributed by atoms with E-state index in [-0.39, 0.29) is 24.5 Å². The molecule has 0 aromatic heterocycles. The molecule has 5 aliphatic rings. The Kier molecular flexibility index (Phi) is 5.37. The van der Waals surface area contributed by atoms with Gasteiger partial charge in [-0.25, -0.2) is 9.59 Å². The molecule has 5 fully saturated rings. The fraction of sp³-hybridized carbons (Fsp3) is 0.778. The topological polar surface area (TPSA) is 115 Å². The van der Waals surface area contributed by atoms with E-state index in [1.54, 1.807) is 13.8 Å². The molecule has 6 nitrogen and oxygen atoms in total. The highest BCUT2D eigenvalue weighted by molar-refractivity contribution is 5.87. The van der Waals surface area contributed by atoms with E-state index in [2.05, 4.69) is 0 Å². The van der Waals surface area contributed by atoms with Crippen molar-refractivity contribution < 1.29 is 30.0 Å². The molecule has 0 spiro atoms. The molecule has 5 saturated carbocycles. The summed E-state index contributed by atoms with van der Waals surface area (Å²) in [5, 5.41) is 40.1. The van der Waals surface area contributed by atoms with Crippen molar-refractivity contribution in [3.05, 3.63) is 23.3 Å². The van der Waals surface area contributed by atoms with Crippen molar-refractivity contribution in [1.29, 1.82) is 0 Å². The molecule has 5 rings (SSSR count). The molecule has 6 heteroatoms. The van der Waals surface area contributed by atoms with Crippen molar-refractivity contribution in [2.45, 2.75) is 65.2 Å². The first-order valence-electron chi connectivity index (χ1n) is 12.8. The molecule has 4 N–H and O–H groups in total. The molecule has 0 heterocycles. The maximum atomic E-state index is 12.1. The maximum Gasteiger partial charge on any atom is 0.330 e. The standard InChI is InChI=1S/C27H38O6/c1-15(23(30)31)11-26-14-20(19-4-3-5-21(19)26)22-17-10-18(6-8-28)25(13-17,7-9-29)27(22,26)12-16(2)24(32)33/h11-12,17-22,28-29H,3-10,13-14H2,1-2H3,(H,30,31)(H,32,33). The molecule has 5 aliphatic carbocycles. The van der Waals surface area contributed by atoms with Gasteiger partial charge in [0.2, 0.25) is 0 Å². The number of aliphatic hydroxyl groups excluding tert-OH is 2. The highest BCUT2D eigenvalue weighted by Gasteiger charge is 2.84. The average Bonchev–Trinajstić information content (AvgIpc) is 3.51. The predicted octanol–water partition coefficient (Wildman–Crippen LogP) is 3.88. The van der Waals surface area contributed by atoms with E-state index in [9.17, 15) is 30.0 Å². The number of carbonyl (C=O) groups is 2. The summed E-state index contributed by atoms with van der Waals surface area (Å²) in [4.78, 5) is 24.2. The van der Waals surface area contributed by atoms with Gasteiger partial charge in [-0.2, -0.15) is 0 Å². The largest absolute Gasteiger partial charge is 0.478 e. The minimum absolute atomic E-state index is 0.0273. The van der Waals surface area contributed by atoms with Gasteiger partial charge >= 0.3 is 11.9 Å². The van der Waals surface area contributed by atoms with E-state index in [4.69, 9.17) is 0 Å². The third-order valence-electron chi connectivity index (χ3n) is 11.1. The molecule has 0 aliphatic heterocycles. The van der Waals surface area contributed by atoms with Gasteiger partial charge in [-0.05, 0) is 99.7 Å². The second-order valence-electron chi connectivity index (χ2n) is 11.8. The van der Waals surface area contributed by atoms with E-state index in [0.29, 0.717) is 53.6 Å². The van der Waals surface area contributed by atoms with Crippen molar-refractivity contribution in [3.8, 4) is 0 Å². The van der Waals surface area contributed by atoms with E-state index < -0.39 is 22.8 Å². The van der Waals surface area contributed by atoms with Crippen LogP contribution < -0.4 is 0 Å². The van der Waals surface area contributed by atoms with E-state index >= 15 is 0 Å². The Bertz CT molecular complexity index is 922. The minimum atomic E-state index is -0.927. The van der Waals surface area contributed by atoms with Crippen LogP contribution in [0.15, 0.2) is 23.3 Å². The summed E-state index contributed by atoms with van der Waals surface area (Å²) < 4.78 is 0. The lowest BCUT2D eigenvalue weighted by atomic mass is 9.41. The van der Waals surface area contributed by atoms with Crippen LogP contribution in [0.4, 0.5) is 0 Å². The number of hydrogen-bond donors (Lipinski definition) is 4. The molecule has 9 atom stereocenters. The van der Waals surface area contributed by atoms with Gasteiger partial charge in [0.1, 0.15) is 0 Å². The number of aliphatic hydroxyl groups is 2. The number of carboxylic acid groups (broad SMARTS) is 2. The maximum absolute atomic E-state index is 12.1. The van der Waals surface area contributed by atoms with Crippen LogP contribution in [0.25, 0.3) is 0 Å². The summed E-state index contributed by atoms with van der Waals surface area (Å²) in [5.74, 6) is 0.562. The molecule has 33 heavy (non-hydrogen) atoms. The third kappa shape index (κ3) is 2.68. The Morgan fingerprint density at radius 3 is 2.27 bits per heavy atom. The van der Waals surface area contributed by atoms with Crippen molar-refractivity contribution in [2.24, 2.45) is 51.8 Å². The van der Waals surface area contributed by atoms with Crippen LogP contribution in [0.1, 0.15) is 65.2 Å². The lowest BCUT2D eigenvalue weighted by Gasteiger charge is -2.62. The third-order valence-corrected chi connectivity index (χ3v) is 11.1. The molecule has 0 saturated heterocycles. The zero-order valence-electron chi connectivity index (χ0n) is 19.8. The van der Waals surface area contributed by atoms with Crippen molar-refractivity contribution in [1.82, 2.24) is 0 Å².